The summed E-state index contributed by atoms with van der Waals surface area (Å²) in [4.78, 5) is 13.0. The first kappa shape index (κ1) is 10.8. The second-order valence-electron chi connectivity index (χ2n) is 4.21. The summed E-state index contributed by atoms with van der Waals surface area (Å²) in [7, 11) is 0. The molecule has 1 saturated heterocycles. The average molecular weight is 223 g/mol. The van der Waals surface area contributed by atoms with Gasteiger partial charge in [0, 0.05) is 17.7 Å². The Balaban J connectivity index is 1.76. The maximum absolute atomic E-state index is 11.8. The molecule has 82 valence electrons. The Bertz CT molecular complexity index is 301. The molecule has 1 aromatic rings. The van der Waals surface area contributed by atoms with Gasteiger partial charge < -0.3 is 5.32 Å². The van der Waals surface area contributed by atoms with Crippen LogP contribution in [0.15, 0.2) is 17.5 Å². The van der Waals surface area contributed by atoms with Crippen LogP contribution in [0.5, 0.6) is 0 Å². The number of Topliss-reactive ketones (excluding diaryl/α,β-unsaturated/α-hetero) is 1. The molecular weight excluding hydrogens is 206 g/mol. The quantitative estimate of drug-likeness (QED) is 0.848. The Hall–Kier alpha value is -0.670. The Morgan fingerprint density at radius 2 is 2.53 bits per heavy atom. The molecule has 1 aliphatic rings. The number of hydrogen-bond acceptors (Lipinski definition) is 3. The smallest absolute Gasteiger partial charge is 0.138 e. The summed E-state index contributed by atoms with van der Waals surface area (Å²) in [6, 6.07) is 4.05. The van der Waals surface area contributed by atoms with Crippen molar-refractivity contribution in [1.82, 2.24) is 5.32 Å². The van der Waals surface area contributed by atoms with Crippen LogP contribution in [0.3, 0.4) is 0 Å². The van der Waals surface area contributed by atoms with Crippen molar-refractivity contribution in [3.05, 3.63) is 22.4 Å². The lowest BCUT2D eigenvalue weighted by Gasteiger charge is -2.21. The van der Waals surface area contributed by atoms with Crippen molar-refractivity contribution >= 4 is 17.1 Å². The van der Waals surface area contributed by atoms with Gasteiger partial charge in [0.25, 0.3) is 0 Å². The predicted octanol–water partition coefficient (Wildman–Crippen LogP) is 2.25. The van der Waals surface area contributed by atoms with Crippen LogP contribution < -0.4 is 5.32 Å². The van der Waals surface area contributed by atoms with Crippen LogP contribution in [0.1, 0.15) is 24.1 Å². The molecule has 0 aromatic carbocycles. The van der Waals surface area contributed by atoms with Gasteiger partial charge in [-0.3, -0.25) is 4.79 Å². The first-order valence-corrected chi connectivity index (χ1v) is 6.47. The van der Waals surface area contributed by atoms with Gasteiger partial charge in [-0.05, 0) is 43.3 Å². The highest BCUT2D eigenvalue weighted by molar-refractivity contribution is 7.10. The summed E-state index contributed by atoms with van der Waals surface area (Å²) in [5.41, 5.74) is 0. The monoisotopic (exact) mass is 223 g/mol. The molecule has 1 unspecified atom stereocenters. The molecule has 1 fully saturated rings. The molecule has 0 spiro atoms. The number of piperidine rings is 1. The van der Waals surface area contributed by atoms with Gasteiger partial charge in [-0.25, -0.2) is 0 Å². The molecule has 0 radical (unpaired) electrons. The minimum absolute atomic E-state index is 0.395. The Labute approximate surface area is 94.7 Å². The van der Waals surface area contributed by atoms with E-state index in [2.05, 4.69) is 5.32 Å². The van der Waals surface area contributed by atoms with Crippen molar-refractivity contribution in [2.75, 3.05) is 13.1 Å². The van der Waals surface area contributed by atoms with E-state index in [4.69, 9.17) is 0 Å². The fraction of sp³-hybridized carbons (Fsp3) is 0.583. The number of carbonyl (C=O) groups is 1. The first-order chi connectivity index (χ1) is 7.34. The van der Waals surface area contributed by atoms with Crippen molar-refractivity contribution in [1.29, 1.82) is 0 Å². The zero-order valence-electron chi connectivity index (χ0n) is 8.87. The molecule has 1 atom stereocenters. The van der Waals surface area contributed by atoms with Crippen molar-refractivity contribution in [3.63, 3.8) is 0 Å². The van der Waals surface area contributed by atoms with E-state index in [1.54, 1.807) is 11.3 Å². The average Bonchev–Trinajstić information content (AvgIpc) is 2.71. The molecule has 1 aliphatic heterocycles. The molecule has 3 heteroatoms. The molecule has 1 N–H and O–H groups in total. The van der Waals surface area contributed by atoms with Gasteiger partial charge >= 0.3 is 0 Å². The lowest BCUT2D eigenvalue weighted by atomic mass is 9.93. The fourth-order valence-corrected chi connectivity index (χ4v) is 2.83. The van der Waals surface area contributed by atoms with Gasteiger partial charge in [0.05, 0.1) is 0 Å². The van der Waals surface area contributed by atoms with Gasteiger partial charge in [0.1, 0.15) is 5.78 Å². The molecule has 2 heterocycles. The minimum Gasteiger partial charge on any atom is -0.316 e. The van der Waals surface area contributed by atoms with Crippen molar-refractivity contribution < 1.29 is 4.79 Å². The molecule has 15 heavy (non-hydrogen) atoms. The van der Waals surface area contributed by atoms with Crippen molar-refractivity contribution in [3.8, 4) is 0 Å². The summed E-state index contributed by atoms with van der Waals surface area (Å²) in [6.07, 6.45) is 3.82. The summed E-state index contributed by atoms with van der Waals surface area (Å²) >= 11 is 1.68. The Morgan fingerprint density at radius 1 is 1.60 bits per heavy atom. The van der Waals surface area contributed by atoms with Gasteiger partial charge in [-0.1, -0.05) is 6.07 Å². The van der Waals surface area contributed by atoms with E-state index in [-0.39, 0.29) is 0 Å². The molecule has 0 saturated carbocycles. The molecule has 1 aromatic heterocycles. The van der Waals surface area contributed by atoms with Crippen molar-refractivity contribution in [2.24, 2.45) is 5.92 Å². The van der Waals surface area contributed by atoms with Crippen LogP contribution in [0, 0.1) is 5.92 Å². The van der Waals surface area contributed by atoms with Crippen LogP contribution in [0.2, 0.25) is 0 Å². The lowest BCUT2D eigenvalue weighted by Crippen LogP contribution is -2.31. The first-order valence-electron chi connectivity index (χ1n) is 5.59. The number of ketones is 1. The van der Waals surface area contributed by atoms with Gasteiger partial charge in [0.15, 0.2) is 0 Å². The third kappa shape index (κ3) is 3.43. The predicted molar refractivity (Wildman–Crippen MR) is 63.2 cm³/mol. The zero-order chi connectivity index (χ0) is 10.5. The normalized spacial score (nSPS) is 21.5. The highest BCUT2D eigenvalue weighted by atomic mass is 32.1. The van der Waals surface area contributed by atoms with Crippen LogP contribution in [-0.4, -0.2) is 18.9 Å². The highest BCUT2D eigenvalue weighted by Crippen LogP contribution is 2.17. The summed E-state index contributed by atoms with van der Waals surface area (Å²) in [5, 5.41) is 5.38. The second kappa shape index (κ2) is 5.42. The summed E-state index contributed by atoms with van der Waals surface area (Å²) in [5.74, 6) is 0.970. The van der Waals surface area contributed by atoms with E-state index in [9.17, 15) is 4.79 Å². The minimum atomic E-state index is 0.395. The molecular formula is C12H17NOS. The van der Waals surface area contributed by atoms with Crippen molar-refractivity contribution in [2.45, 2.75) is 25.7 Å². The molecule has 0 aliphatic carbocycles. The van der Waals surface area contributed by atoms with E-state index in [1.807, 2.05) is 17.5 Å². The topological polar surface area (TPSA) is 29.1 Å². The van der Waals surface area contributed by atoms with Crippen LogP contribution in [0.25, 0.3) is 0 Å². The lowest BCUT2D eigenvalue weighted by molar-refractivity contribution is -0.119. The van der Waals surface area contributed by atoms with E-state index in [0.29, 0.717) is 18.1 Å². The molecule has 0 amide bonds. The number of thiophene rings is 1. The van der Waals surface area contributed by atoms with E-state index in [1.165, 1.54) is 17.7 Å². The largest absolute Gasteiger partial charge is 0.316 e. The Morgan fingerprint density at radius 3 is 3.20 bits per heavy atom. The van der Waals surface area contributed by atoms with E-state index < -0.39 is 0 Å². The van der Waals surface area contributed by atoms with Crippen LogP contribution in [-0.2, 0) is 11.2 Å². The second-order valence-corrected chi connectivity index (χ2v) is 5.24. The van der Waals surface area contributed by atoms with Gasteiger partial charge in [-0.15, -0.1) is 11.3 Å². The van der Waals surface area contributed by atoms with E-state index >= 15 is 0 Å². The third-order valence-corrected chi connectivity index (χ3v) is 3.74. The fourth-order valence-electron chi connectivity index (χ4n) is 2.10. The highest BCUT2D eigenvalue weighted by Gasteiger charge is 2.16. The molecule has 2 nitrogen and oxygen atoms in total. The third-order valence-electron chi connectivity index (χ3n) is 2.87. The van der Waals surface area contributed by atoms with Gasteiger partial charge in [0.2, 0.25) is 0 Å². The number of rotatable bonds is 4. The number of hydrogen-bond donors (Lipinski definition) is 1. The van der Waals surface area contributed by atoms with Crippen LogP contribution in [0.4, 0.5) is 0 Å². The summed E-state index contributed by atoms with van der Waals surface area (Å²) < 4.78 is 0. The molecule has 2 rings (SSSR count). The Kier molecular flexibility index (Phi) is 3.92. The zero-order valence-corrected chi connectivity index (χ0v) is 9.69. The maximum atomic E-state index is 11.8. The SMILES string of the molecule is O=C(Cc1cccs1)CC1CCCNC1. The number of carbonyl (C=O) groups excluding carboxylic acids is 1. The standard InChI is InChI=1S/C12H17NOS/c14-11(8-12-4-2-6-15-12)7-10-3-1-5-13-9-10/h2,4,6,10,13H,1,3,5,7-9H2. The van der Waals surface area contributed by atoms with E-state index in [0.717, 1.165) is 19.5 Å². The molecule has 0 bridgehead atoms. The summed E-state index contributed by atoms with van der Waals surface area (Å²) in [6.45, 7) is 2.14. The maximum Gasteiger partial charge on any atom is 0.138 e. The number of nitrogens with one attached hydrogen (secondary N) is 1. The van der Waals surface area contributed by atoms with Gasteiger partial charge in [-0.2, -0.15) is 0 Å². The van der Waals surface area contributed by atoms with Crippen LogP contribution >= 0.6 is 11.3 Å².